The van der Waals surface area contributed by atoms with Gasteiger partial charge in [-0.2, -0.15) is 5.10 Å². The number of rotatable bonds is 5. The molecule has 0 aliphatic rings. The summed E-state index contributed by atoms with van der Waals surface area (Å²) >= 11 is 0. The second-order valence-corrected chi connectivity index (χ2v) is 4.48. The number of methoxy groups -OCH3 is 1. The first kappa shape index (κ1) is 14.5. The van der Waals surface area contributed by atoms with E-state index in [-0.39, 0.29) is 6.04 Å². The summed E-state index contributed by atoms with van der Waals surface area (Å²) in [7, 11) is 3.59. The molecule has 0 fully saturated rings. The third kappa shape index (κ3) is 3.73. The first-order valence-electron chi connectivity index (χ1n) is 6.00. The minimum atomic E-state index is 0.148. The third-order valence-corrected chi connectivity index (χ3v) is 2.88. The molecule has 0 radical (unpaired) electrons. The number of nitrogens with zero attached hydrogens (tertiary/aromatic N) is 3. The highest BCUT2D eigenvalue weighted by Crippen LogP contribution is 2.12. The fraction of sp³-hybridized carbons (Fsp3) is 0.667. The van der Waals surface area contributed by atoms with E-state index >= 15 is 0 Å². The van der Waals surface area contributed by atoms with Gasteiger partial charge in [0.25, 0.3) is 0 Å². The average Bonchev–Trinajstić information content (AvgIpc) is 2.51. The number of guanidine groups is 1. The molecule has 1 atom stereocenters. The summed E-state index contributed by atoms with van der Waals surface area (Å²) in [5.41, 5.74) is 9.06. The Bertz CT molecular complexity index is 424. The zero-order chi connectivity index (χ0) is 13.7. The van der Waals surface area contributed by atoms with Crippen LogP contribution in [0.2, 0.25) is 0 Å². The summed E-state index contributed by atoms with van der Waals surface area (Å²) in [4.78, 5) is 4.33. The lowest BCUT2D eigenvalue weighted by atomic mass is 10.2. The van der Waals surface area contributed by atoms with Gasteiger partial charge in [0.15, 0.2) is 5.96 Å². The number of nitrogens with one attached hydrogen (secondary N) is 1. The Morgan fingerprint density at radius 2 is 2.22 bits per heavy atom. The van der Waals surface area contributed by atoms with Crippen LogP contribution in [0.3, 0.4) is 0 Å². The predicted molar refractivity (Wildman–Crippen MR) is 72.5 cm³/mol. The first-order valence-corrected chi connectivity index (χ1v) is 6.00. The lowest BCUT2D eigenvalue weighted by molar-refractivity contribution is 0.179. The lowest BCUT2D eigenvalue weighted by Gasteiger charge is -2.13. The van der Waals surface area contributed by atoms with Crippen molar-refractivity contribution in [2.45, 2.75) is 33.4 Å². The molecule has 0 aromatic carbocycles. The second-order valence-electron chi connectivity index (χ2n) is 4.48. The molecule has 1 rings (SSSR count). The van der Waals surface area contributed by atoms with Gasteiger partial charge in [-0.05, 0) is 20.8 Å². The zero-order valence-corrected chi connectivity index (χ0v) is 11.8. The van der Waals surface area contributed by atoms with Gasteiger partial charge in [0.1, 0.15) is 0 Å². The van der Waals surface area contributed by atoms with Gasteiger partial charge in [0.05, 0.1) is 18.8 Å². The maximum Gasteiger partial charge on any atom is 0.189 e. The largest absolute Gasteiger partial charge is 0.383 e. The molecule has 6 heteroatoms. The van der Waals surface area contributed by atoms with Crippen LogP contribution >= 0.6 is 0 Å². The molecule has 18 heavy (non-hydrogen) atoms. The maximum absolute atomic E-state index is 5.82. The van der Waals surface area contributed by atoms with Crippen molar-refractivity contribution in [1.29, 1.82) is 0 Å². The Kier molecular flexibility index (Phi) is 5.15. The summed E-state index contributed by atoms with van der Waals surface area (Å²) in [6, 6.07) is 0.148. The monoisotopic (exact) mass is 253 g/mol. The van der Waals surface area contributed by atoms with Crippen molar-refractivity contribution in [1.82, 2.24) is 15.1 Å². The van der Waals surface area contributed by atoms with Gasteiger partial charge in [-0.1, -0.05) is 0 Å². The summed E-state index contributed by atoms with van der Waals surface area (Å²) in [6.45, 7) is 7.15. The van der Waals surface area contributed by atoms with Crippen LogP contribution in [-0.2, 0) is 18.3 Å². The van der Waals surface area contributed by atoms with Crippen LogP contribution in [0, 0.1) is 13.8 Å². The van der Waals surface area contributed by atoms with Crippen molar-refractivity contribution >= 4 is 5.96 Å². The molecule has 102 valence electrons. The van der Waals surface area contributed by atoms with E-state index in [4.69, 9.17) is 10.5 Å². The molecule has 0 saturated heterocycles. The molecule has 1 aromatic rings. The molecule has 1 heterocycles. The van der Waals surface area contributed by atoms with Crippen LogP contribution in [0.15, 0.2) is 4.99 Å². The van der Waals surface area contributed by atoms with E-state index in [1.165, 1.54) is 0 Å². The predicted octanol–water partition coefficient (Wildman–Crippen LogP) is 0.476. The number of hydrogen-bond acceptors (Lipinski definition) is 3. The number of hydrogen-bond donors (Lipinski definition) is 2. The van der Waals surface area contributed by atoms with E-state index in [9.17, 15) is 0 Å². The van der Waals surface area contributed by atoms with E-state index in [1.807, 2.05) is 32.5 Å². The Morgan fingerprint density at radius 3 is 2.72 bits per heavy atom. The Morgan fingerprint density at radius 1 is 1.56 bits per heavy atom. The Balaban J connectivity index is 2.62. The molecule has 3 N–H and O–H groups in total. The molecule has 0 saturated carbocycles. The summed E-state index contributed by atoms with van der Waals surface area (Å²) in [6.07, 6.45) is 0. The van der Waals surface area contributed by atoms with Crippen molar-refractivity contribution in [3.8, 4) is 0 Å². The summed E-state index contributed by atoms with van der Waals surface area (Å²) in [5, 5.41) is 7.42. The third-order valence-electron chi connectivity index (χ3n) is 2.88. The average molecular weight is 253 g/mol. The van der Waals surface area contributed by atoms with Crippen LogP contribution in [0.25, 0.3) is 0 Å². The van der Waals surface area contributed by atoms with Gasteiger partial charge in [-0.3, -0.25) is 4.68 Å². The number of aromatic nitrogens is 2. The van der Waals surface area contributed by atoms with E-state index < -0.39 is 0 Å². The fourth-order valence-electron chi connectivity index (χ4n) is 1.80. The molecule has 0 spiro atoms. The molecular formula is C12H23N5O. The first-order chi connectivity index (χ1) is 8.45. The minimum absolute atomic E-state index is 0.148. The molecule has 0 aliphatic heterocycles. The van der Waals surface area contributed by atoms with Gasteiger partial charge in [0, 0.05) is 31.5 Å². The minimum Gasteiger partial charge on any atom is -0.383 e. The number of aliphatic imine (C=N–C) groups is 1. The highest BCUT2D eigenvalue weighted by Gasteiger charge is 2.08. The van der Waals surface area contributed by atoms with E-state index in [0.29, 0.717) is 19.1 Å². The van der Waals surface area contributed by atoms with Crippen molar-refractivity contribution in [2.75, 3.05) is 13.7 Å². The second kappa shape index (κ2) is 6.39. The normalized spacial score (nSPS) is 13.7. The van der Waals surface area contributed by atoms with Gasteiger partial charge in [-0.15, -0.1) is 0 Å². The molecule has 6 nitrogen and oxygen atoms in total. The highest BCUT2D eigenvalue weighted by molar-refractivity contribution is 5.78. The van der Waals surface area contributed by atoms with Crippen LogP contribution in [0.5, 0.6) is 0 Å². The lowest BCUT2D eigenvalue weighted by Crippen LogP contribution is -2.40. The maximum atomic E-state index is 5.82. The topological polar surface area (TPSA) is 77.5 Å². The zero-order valence-electron chi connectivity index (χ0n) is 11.8. The summed E-state index contributed by atoms with van der Waals surface area (Å²) in [5.74, 6) is 0.433. The van der Waals surface area contributed by atoms with Gasteiger partial charge >= 0.3 is 0 Å². The van der Waals surface area contributed by atoms with Crippen LogP contribution in [-0.4, -0.2) is 35.5 Å². The van der Waals surface area contributed by atoms with Gasteiger partial charge in [-0.25, -0.2) is 4.99 Å². The van der Waals surface area contributed by atoms with Gasteiger partial charge in [0.2, 0.25) is 0 Å². The molecule has 1 aromatic heterocycles. The number of ether oxygens (including phenoxy) is 1. The Hall–Kier alpha value is -1.56. The van der Waals surface area contributed by atoms with E-state index in [1.54, 1.807) is 7.11 Å². The van der Waals surface area contributed by atoms with Crippen molar-refractivity contribution in [3.63, 3.8) is 0 Å². The standard InChI is InChI=1S/C12H23N5O/c1-8(7-18-5)15-12(13)14-6-11-9(2)16-17(4)10(11)3/h8H,6-7H2,1-5H3,(H3,13,14,15). The number of nitrogens with two attached hydrogens (primary N) is 1. The molecule has 1 unspecified atom stereocenters. The molecule has 0 aliphatic carbocycles. The fourth-order valence-corrected chi connectivity index (χ4v) is 1.80. The van der Waals surface area contributed by atoms with Crippen LogP contribution < -0.4 is 11.1 Å². The van der Waals surface area contributed by atoms with Crippen molar-refractivity contribution in [3.05, 3.63) is 17.0 Å². The van der Waals surface area contributed by atoms with E-state index in [2.05, 4.69) is 15.4 Å². The number of aryl methyl sites for hydroxylation is 2. The molecule has 0 amide bonds. The Labute approximate surface area is 108 Å². The SMILES string of the molecule is COCC(C)NC(N)=NCc1c(C)nn(C)c1C. The van der Waals surface area contributed by atoms with Crippen molar-refractivity contribution in [2.24, 2.45) is 17.8 Å². The molecule has 0 bridgehead atoms. The smallest absolute Gasteiger partial charge is 0.189 e. The van der Waals surface area contributed by atoms with Gasteiger partial charge < -0.3 is 15.8 Å². The van der Waals surface area contributed by atoms with Crippen molar-refractivity contribution < 1.29 is 4.74 Å². The van der Waals surface area contributed by atoms with E-state index in [0.717, 1.165) is 17.0 Å². The highest BCUT2D eigenvalue weighted by atomic mass is 16.5. The molecular weight excluding hydrogens is 230 g/mol. The van der Waals surface area contributed by atoms with Crippen LogP contribution in [0.1, 0.15) is 23.9 Å². The summed E-state index contributed by atoms with van der Waals surface area (Å²) < 4.78 is 6.88. The van der Waals surface area contributed by atoms with Crippen LogP contribution in [0.4, 0.5) is 0 Å². The quantitative estimate of drug-likeness (QED) is 0.591.